The molecule has 0 bridgehead atoms. The Kier molecular flexibility index (Phi) is 5.43. The number of halogens is 2. The van der Waals surface area contributed by atoms with Crippen molar-refractivity contribution >= 4 is 39.1 Å². The number of anilines is 1. The second kappa shape index (κ2) is 7.10. The zero-order valence-electron chi connectivity index (χ0n) is 12.0. The number of hydrogen-bond donors (Lipinski definition) is 1. The molecule has 0 unspecified atom stereocenters. The van der Waals surface area contributed by atoms with Gasteiger partial charge in [-0.2, -0.15) is 0 Å². The van der Waals surface area contributed by atoms with Gasteiger partial charge in [0.2, 0.25) is 0 Å². The van der Waals surface area contributed by atoms with Gasteiger partial charge in [-0.1, -0.05) is 47.4 Å². The zero-order valence-corrected chi connectivity index (χ0v) is 14.4. The van der Waals surface area contributed by atoms with Crippen molar-refractivity contribution in [3.8, 4) is 0 Å². The van der Waals surface area contributed by atoms with E-state index >= 15 is 0 Å². The molecule has 0 saturated carbocycles. The van der Waals surface area contributed by atoms with Gasteiger partial charge in [0.1, 0.15) is 0 Å². The highest BCUT2D eigenvalue weighted by molar-refractivity contribution is 9.10. The quantitative estimate of drug-likeness (QED) is 0.762. The number of rotatable bonds is 4. The highest BCUT2D eigenvalue weighted by Crippen LogP contribution is 2.28. The van der Waals surface area contributed by atoms with Crippen LogP contribution < -0.4 is 5.32 Å². The largest absolute Gasteiger partial charge is 0.321 e. The lowest BCUT2D eigenvalue weighted by molar-refractivity contribution is 0.102. The van der Waals surface area contributed by atoms with Gasteiger partial charge in [-0.15, -0.1) is 0 Å². The Morgan fingerprint density at radius 1 is 1.14 bits per heavy atom. The van der Waals surface area contributed by atoms with Gasteiger partial charge in [-0.05, 0) is 54.3 Å². The Hall–Kier alpha value is -1.32. The number of amides is 1. The summed E-state index contributed by atoms with van der Waals surface area (Å²) in [6.07, 6.45) is 1.72. The van der Waals surface area contributed by atoms with Gasteiger partial charge in [0.15, 0.2) is 0 Å². The summed E-state index contributed by atoms with van der Waals surface area (Å²) in [5, 5.41) is 3.59. The highest BCUT2D eigenvalue weighted by Gasteiger charge is 2.13. The van der Waals surface area contributed by atoms with E-state index in [9.17, 15) is 4.79 Å². The third kappa shape index (κ3) is 3.86. The molecule has 0 radical (unpaired) electrons. The highest BCUT2D eigenvalue weighted by atomic mass is 79.9. The maximum absolute atomic E-state index is 12.4. The summed E-state index contributed by atoms with van der Waals surface area (Å²) < 4.78 is 1.04. The molecule has 21 heavy (non-hydrogen) atoms. The summed E-state index contributed by atoms with van der Waals surface area (Å²) in [5.74, 6) is -0.135. The van der Waals surface area contributed by atoms with Crippen LogP contribution in [0.4, 0.5) is 5.69 Å². The van der Waals surface area contributed by atoms with E-state index in [-0.39, 0.29) is 5.91 Å². The van der Waals surface area contributed by atoms with Crippen LogP contribution in [0.5, 0.6) is 0 Å². The summed E-state index contributed by atoms with van der Waals surface area (Å²) in [4.78, 5) is 12.4. The molecule has 0 atom stereocenters. The maximum atomic E-state index is 12.4. The van der Waals surface area contributed by atoms with Crippen molar-refractivity contribution in [1.82, 2.24) is 0 Å². The van der Waals surface area contributed by atoms with Crippen molar-refractivity contribution in [2.24, 2.45) is 0 Å². The van der Waals surface area contributed by atoms with Gasteiger partial charge in [-0.3, -0.25) is 4.79 Å². The molecule has 1 amide bonds. The van der Waals surface area contributed by atoms with E-state index in [1.165, 1.54) is 0 Å². The van der Waals surface area contributed by atoms with E-state index in [1.807, 2.05) is 12.1 Å². The average Bonchev–Trinajstić information content (AvgIpc) is 2.48. The number of carbonyl (C=O) groups is 1. The predicted octanol–water partition coefficient (Wildman–Crippen LogP) is 5.48. The first-order valence-electron chi connectivity index (χ1n) is 6.93. The Morgan fingerprint density at radius 3 is 2.29 bits per heavy atom. The zero-order chi connectivity index (χ0) is 15.4. The fraction of sp³-hybridized carbons (Fsp3) is 0.235. The molecule has 0 aliphatic rings. The molecule has 0 fully saturated rings. The molecular weight excluding hydrogens is 350 g/mol. The molecule has 0 heterocycles. The maximum Gasteiger partial charge on any atom is 0.255 e. The summed E-state index contributed by atoms with van der Waals surface area (Å²) in [6.45, 7) is 4.16. The summed E-state index contributed by atoms with van der Waals surface area (Å²) in [6, 6.07) is 11.1. The van der Waals surface area contributed by atoms with E-state index in [1.54, 1.807) is 24.3 Å². The molecule has 0 aliphatic carbocycles. The van der Waals surface area contributed by atoms with Crippen molar-refractivity contribution < 1.29 is 4.79 Å². The summed E-state index contributed by atoms with van der Waals surface area (Å²) in [5.41, 5.74) is 3.72. The molecule has 4 heteroatoms. The van der Waals surface area contributed by atoms with Crippen LogP contribution in [-0.2, 0) is 12.8 Å². The molecule has 2 nitrogen and oxygen atoms in total. The molecule has 2 rings (SSSR count). The van der Waals surface area contributed by atoms with Crippen molar-refractivity contribution in [2.75, 3.05) is 5.32 Å². The van der Waals surface area contributed by atoms with Crippen LogP contribution in [0.3, 0.4) is 0 Å². The van der Waals surface area contributed by atoms with Crippen LogP contribution in [0, 0.1) is 0 Å². The monoisotopic (exact) mass is 365 g/mol. The fourth-order valence-electron chi connectivity index (χ4n) is 2.26. The number of benzene rings is 2. The molecule has 0 aliphatic heterocycles. The Balaban J connectivity index is 2.36. The standard InChI is InChI=1S/C17H17BrClNO/c1-3-11-8-14(18)9-12(4-2)16(11)20-17(21)13-6-5-7-15(19)10-13/h5-10H,3-4H2,1-2H3,(H,20,21). The first-order valence-corrected chi connectivity index (χ1v) is 8.10. The van der Waals surface area contributed by atoms with Crippen LogP contribution in [0.25, 0.3) is 0 Å². The molecule has 2 aromatic rings. The topological polar surface area (TPSA) is 29.1 Å². The molecule has 0 saturated heterocycles. The molecular formula is C17H17BrClNO. The van der Waals surface area contributed by atoms with Crippen LogP contribution in [0.1, 0.15) is 35.3 Å². The molecule has 0 spiro atoms. The normalized spacial score (nSPS) is 10.5. The van der Waals surface area contributed by atoms with E-state index in [2.05, 4.69) is 35.1 Å². The first kappa shape index (κ1) is 16.1. The van der Waals surface area contributed by atoms with Gasteiger partial charge in [0.05, 0.1) is 0 Å². The van der Waals surface area contributed by atoms with Crippen LogP contribution in [0.15, 0.2) is 40.9 Å². The van der Waals surface area contributed by atoms with Crippen molar-refractivity contribution in [1.29, 1.82) is 0 Å². The number of aryl methyl sites for hydroxylation is 2. The Morgan fingerprint density at radius 2 is 1.76 bits per heavy atom. The van der Waals surface area contributed by atoms with Gasteiger partial charge in [0.25, 0.3) is 5.91 Å². The fourth-order valence-corrected chi connectivity index (χ4v) is 3.00. The minimum atomic E-state index is -0.135. The van der Waals surface area contributed by atoms with E-state index in [4.69, 9.17) is 11.6 Å². The number of carbonyl (C=O) groups excluding carboxylic acids is 1. The lowest BCUT2D eigenvalue weighted by Crippen LogP contribution is -2.15. The predicted molar refractivity (Wildman–Crippen MR) is 92.3 cm³/mol. The lowest BCUT2D eigenvalue weighted by Gasteiger charge is -2.15. The van der Waals surface area contributed by atoms with E-state index in [0.29, 0.717) is 10.6 Å². The van der Waals surface area contributed by atoms with Crippen LogP contribution >= 0.6 is 27.5 Å². The summed E-state index contributed by atoms with van der Waals surface area (Å²) >= 11 is 9.46. The number of hydrogen-bond acceptors (Lipinski definition) is 1. The van der Waals surface area contributed by atoms with E-state index in [0.717, 1.165) is 34.1 Å². The van der Waals surface area contributed by atoms with Crippen LogP contribution in [0.2, 0.25) is 5.02 Å². The second-order valence-corrected chi connectivity index (χ2v) is 6.12. The van der Waals surface area contributed by atoms with Crippen molar-refractivity contribution in [3.05, 3.63) is 62.6 Å². The Bertz CT molecular complexity index is 645. The lowest BCUT2D eigenvalue weighted by atomic mass is 10.0. The molecule has 0 aromatic heterocycles. The van der Waals surface area contributed by atoms with Crippen molar-refractivity contribution in [3.63, 3.8) is 0 Å². The van der Waals surface area contributed by atoms with Gasteiger partial charge < -0.3 is 5.32 Å². The molecule has 2 aromatic carbocycles. The van der Waals surface area contributed by atoms with E-state index < -0.39 is 0 Å². The summed E-state index contributed by atoms with van der Waals surface area (Å²) in [7, 11) is 0. The SMILES string of the molecule is CCc1cc(Br)cc(CC)c1NC(=O)c1cccc(Cl)c1. The van der Waals surface area contributed by atoms with Gasteiger partial charge in [0, 0.05) is 20.7 Å². The average molecular weight is 367 g/mol. The second-order valence-electron chi connectivity index (χ2n) is 4.77. The Labute approximate surface area is 138 Å². The number of nitrogens with one attached hydrogen (secondary N) is 1. The van der Waals surface area contributed by atoms with Crippen molar-refractivity contribution in [2.45, 2.75) is 26.7 Å². The molecule has 110 valence electrons. The first-order chi connectivity index (χ1) is 10.0. The minimum absolute atomic E-state index is 0.135. The van der Waals surface area contributed by atoms with Crippen LogP contribution in [-0.4, -0.2) is 5.91 Å². The smallest absolute Gasteiger partial charge is 0.255 e. The molecule has 1 N–H and O–H groups in total. The van der Waals surface area contributed by atoms with Gasteiger partial charge >= 0.3 is 0 Å². The third-order valence-electron chi connectivity index (χ3n) is 3.35. The van der Waals surface area contributed by atoms with Gasteiger partial charge in [-0.25, -0.2) is 0 Å². The third-order valence-corrected chi connectivity index (χ3v) is 4.05. The minimum Gasteiger partial charge on any atom is -0.321 e.